The van der Waals surface area contributed by atoms with E-state index in [1.54, 1.807) is 18.7 Å². The van der Waals surface area contributed by atoms with Crippen LogP contribution in [0.1, 0.15) is 5.56 Å². The molecule has 0 amide bonds. The third kappa shape index (κ3) is 1.22. The van der Waals surface area contributed by atoms with Gasteiger partial charge in [-0.05, 0) is 24.6 Å². The first-order chi connectivity index (χ1) is 7.34. The number of H-pyrrole nitrogens is 1. The van der Waals surface area contributed by atoms with Gasteiger partial charge >= 0.3 is 0 Å². The standard InChI is InChI=1S/C11H9N3O/c1-7-5-13-14-10(7)9-4-8-2-3-15-11(8)12-6-9/h2-6H,1H3,(H,13,14). The van der Waals surface area contributed by atoms with E-state index < -0.39 is 0 Å². The topological polar surface area (TPSA) is 54.7 Å². The van der Waals surface area contributed by atoms with Gasteiger partial charge in [0.05, 0.1) is 18.2 Å². The van der Waals surface area contributed by atoms with Gasteiger partial charge in [-0.15, -0.1) is 0 Å². The number of aryl methyl sites for hydroxylation is 1. The van der Waals surface area contributed by atoms with Gasteiger partial charge in [-0.1, -0.05) is 0 Å². The van der Waals surface area contributed by atoms with Crippen LogP contribution in [0.3, 0.4) is 0 Å². The Morgan fingerprint density at radius 2 is 2.27 bits per heavy atom. The number of fused-ring (bicyclic) bond motifs is 1. The summed E-state index contributed by atoms with van der Waals surface area (Å²) in [6.07, 6.45) is 5.22. The lowest BCUT2D eigenvalue weighted by Crippen LogP contribution is -1.82. The highest BCUT2D eigenvalue weighted by molar-refractivity contribution is 5.79. The van der Waals surface area contributed by atoms with Gasteiger partial charge in [0.25, 0.3) is 0 Å². The van der Waals surface area contributed by atoms with Crippen LogP contribution in [-0.4, -0.2) is 15.2 Å². The lowest BCUT2D eigenvalue weighted by Gasteiger charge is -1.98. The van der Waals surface area contributed by atoms with Gasteiger partial charge < -0.3 is 4.42 Å². The number of aromatic nitrogens is 3. The molecule has 15 heavy (non-hydrogen) atoms. The number of nitrogens with zero attached hydrogens (tertiary/aromatic N) is 2. The predicted molar refractivity (Wildman–Crippen MR) is 56.3 cm³/mol. The molecule has 0 bridgehead atoms. The number of furan rings is 1. The number of hydrogen-bond acceptors (Lipinski definition) is 3. The number of nitrogens with one attached hydrogen (secondary N) is 1. The molecule has 3 aromatic heterocycles. The second-order valence-electron chi connectivity index (χ2n) is 3.47. The van der Waals surface area contributed by atoms with Crippen LogP contribution >= 0.6 is 0 Å². The molecule has 1 N–H and O–H groups in total. The second-order valence-corrected chi connectivity index (χ2v) is 3.47. The lowest BCUT2D eigenvalue weighted by atomic mass is 10.1. The molecule has 4 nitrogen and oxygen atoms in total. The molecule has 3 rings (SSSR count). The molecule has 3 aromatic rings. The average molecular weight is 199 g/mol. The molecule has 0 aromatic carbocycles. The Morgan fingerprint density at radius 1 is 1.33 bits per heavy atom. The van der Waals surface area contributed by atoms with Crippen LogP contribution < -0.4 is 0 Å². The fourth-order valence-corrected chi connectivity index (χ4v) is 1.63. The molecule has 0 radical (unpaired) electrons. The van der Waals surface area contributed by atoms with Crippen LogP contribution in [0.4, 0.5) is 0 Å². The Bertz CT molecular complexity index is 609. The highest BCUT2D eigenvalue weighted by Crippen LogP contribution is 2.23. The molecule has 4 heteroatoms. The summed E-state index contributed by atoms with van der Waals surface area (Å²) < 4.78 is 5.18. The Labute approximate surface area is 85.9 Å². The minimum Gasteiger partial charge on any atom is -0.446 e. The summed E-state index contributed by atoms with van der Waals surface area (Å²) in [5, 5.41) is 7.95. The number of pyridine rings is 1. The number of hydrogen-bond donors (Lipinski definition) is 1. The highest BCUT2D eigenvalue weighted by atomic mass is 16.3. The summed E-state index contributed by atoms with van der Waals surface area (Å²) in [6.45, 7) is 2.01. The number of aromatic amines is 1. The summed E-state index contributed by atoms with van der Waals surface area (Å²) in [5.41, 5.74) is 3.81. The SMILES string of the molecule is Cc1cn[nH]c1-c1cnc2occc2c1. The zero-order valence-electron chi connectivity index (χ0n) is 8.19. The first-order valence-electron chi connectivity index (χ1n) is 4.68. The van der Waals surface area contributed by atoms with E-state index in [1.165, 1.54) is 0 Å². The monoisotopic (exact) mass is 199 g/mol. The fourth-order valence-electron chi connectivity index (χ4n) is 1.63. The maximum Gasteiger partial charge on any atom is 0.225 e. The molecular formula is C11H9N3O. The zero-order chi connectivity index (χ0) is 10.3. The van der Waals surface area contributed by atoms with E-state index in [2.05, 4.69) is 15.2 Å². The smallest absolute Gasteiger partial charge is 0.225 e. The Morgan fingerprint density at radius 3 is 3.07 bits per heavy atom. The van der Waals surface area contributed by atoms with Gasteiger partial charge in [-0.3, -0.25) is 5.10 Å². The van der Waals surface area contributed by atoms with Gasteiger partial charge in [0.2, 0.25) is 5.71 Å². The fraction of sp³-hybridized carbons (Fsp3) is 0.0909. The average Bonchev–Trinajstić information content (AvgIpc) is 2.84. The van der Waals surface area contributed by atoms with Crippen LogP contribution in [0.25, 0.3) is 22.4 Å². The van der Waals surface area contributed by atoms with Crippen LogP contribution in [0.2, 0.25) is 0 Å². The molecular weight excluding hydrogens is 190 g/mol. The molecule has 0 aliphatic rings. The van der Waals surface area contributed by atoms with Crippen molar-refractivity contribution in [3.63, 3.8) is 0 Å². The van der Waals surface area contributed by atoms with Crippen molar-refractivity contribution in [1.29, 1.82) is 0 Å². The van der Waals surface area contributed by atoms with Crippen molar-refractivity contribution >= 4 is 11.1 Å². The highest BCUT2D eigenvalue weighted by Gasteiger charge is 2.06. The first kappa shape index (κ1) is 8.23. The molecule has 0 saturated heterocycles. The summed E-state index contributed by atoms with van der Waals surface area (Å²) in [7, 11) is 0. The molecule has 0 spiro atoms. The number of rotatable bonds is 1. The Hall–Kier alpha value is -2.10. The zero-order valence-corrected chi connectivity index (χ0v) is 8.19. The van der Waals surface area contributed by atoms with E-state index in [0.29, 0.717) is 5.71 Å². The van der Waals surface area contributed by atoms with Crippen molar-refractivity contribution < 1.29 is 4.42 Å². The molecule has 3 heterocycles. The Kier molecular flexibility index (Phi) is 1.62. The third-order valence-electron chi connectivity index (χ3n) is 2.42. The predicted octanol–water partition coefficient (Wildman–Crippen LogP) is 2.53. The normalized spacial score (nSPS) is 11.0. The largest absolute Gasteiger partial charge is 0.446 e. The molecule has 74 valence electrons. The van der Waals surface area contributed by atoms with Crippen LogP contribution in [0.15, 0.2) is 35.2 Å². The minimum absolute atomic E-state index is 0.663. The van der Waals surface area contributed by atoms with Crippen molar-refractivity contribution in [2.24, 2.45) is 0 Å². The quantitative estimate of drug-likeness (QED) is 0.655. The van der Waals surface area contributed by atoms with Crippen molar-refractivity contribution in [2.75, 3.05) is 0 Å². The van der Waals surface area contributed by atoms with Gasteiger partial charge in [0.15, 0.2) is 0 Å². The summed E-state index contributed by atoms with van der Waals surface area (Å²) in [4.78, 5) is 4.22. The van der Waals surface area contributed by atoms with Gasteiger partial charge in [-0.25, -0.2) is 4.98 Å². The van der Waals surface area contributed by atoms with E-state index >= 15 is 0 Å². The first-order valence-corrected chi connectivity index (χ1v) is 4.68. The van der Waals surface area contributed by atoms with Crippen LogP contribution in [0.5, 0.6) is 0 Å². The maximum absolute atomic E-state index is 5.18. The van der Waals surface area contributed by atoms with Crippen molar-refractivity contribution in [3.05, 3.63) is 36.4 Å². The van der Waals surface area contributed by atoms with Crippen molar-refractivity contribution in [1.82, 2.24) is 15.2 Å². The second kappa shape index (κ2) is 2.95. The molecule has 0 fully saturated rings. The van der Waals surface area contributed by atoms with Gasteiger partial charge in [0.1, 0.15) is 0 Å². The van der Waals surface area contributed by atoms with E-state index in [9.17, 15) is 0 Å². The molecule has 0 unspecified atom stereocenters. The summed E-state index contributed by atoms with van der Waals surface area (Å²) in [6, 6.07) is 3.93. The van der Waals surface area contributed by atoms with Gasteiger partial charge in [0, 0.05) is 17.1 Å². The molecule has 0 aliphatic carbocycles. The summed E-state index contributed by atoms with van der Waals surface area (Å²) >= 11 is 0. The van der Waals surface area contributed by atoms with Crippen LogP contribution in [-0.2, 0) is 0 Å². The van der Waals surface area contributed by atoms with E-state index in [-0.39, 0.29) is 0 Å². The summed E-state index contributed by atoms with van der Waals surface area (Å²) in [5.74, 6) is 0. The van der Waals surface area contributed by atoms with Crippen molar-refractivity contribution in [3.8, 4) is 11.3 Å². The lowest BCUT2D eigenvalue weighted by molar-refractivity contribution is 0.603. The Balaban J connectivity index is 2.23. The molecule has 0 aliphatic heterocycles. The minimum atomic E-state index is 0.663. The van der Waals surface area contributed by atoms with Crippen LogP contribution in [0, 0.1) is 6.92 Å². The molecule has 0 atom stereocenters. The van der Waals surface area contributed by atoms with E-state index in [4.69, 9.17) is 4.42 Å². The van der Waals surface area contributed by atoms with Gasteiger partial charge in [-0.2, -0.15) is 5.10 Å². The van der Waals surface area contributed by atoms with Crippen molar-refractivity contribution in [2.45, 2.75) is 6.92 Å². The maximum atomic E-state index is 5.18. The molecule has 0 saturated carbocycles. The van der Waals surface area contributed by atoms with E-state index in [1.807, 2.05) is 19.1 Å². The van der Waals surface area contributed by atoms with E-state index in [0.717, 1.165) is 22.2 Å². The third-order valence-corrected chi connectivity index (χ3v) is 2.42.